The van der Waals surface area contributed by atoms with Gasteiger partial charge < -0.3 is 15.0 Å². The van der Waals surface area contributed by atoms with Crippen molar-refractivity contribution < 1.29 is 14.3 Å². The standard InChI is InChI=1S/C16H27ClN2O3/c1-3-4-5-8-18-15(20)13-7-6-12-9-11(17)10-14(13)19(12)16(21)22-2/h11-14H,3-10H2,1-2H3,(H,18,20)/t11-,12-,13-,14-/m0/s1. The Morgan fingerprint density at radius 1 is 1.27 bits per heavy atom. The van der Waals surface area contributed by atoms with Crippen LogP contribution in [0.1, 0.15) is 51.9 Å². The van der Waals surface area contributed by atoms with Gasteiger partial charge in [0.05, 0.1) is 13.0 Å². The molecular formula is C16H27ClN2O3. The molecule has 2 rings (SSSR count). The first-order valence-corrected chi connectivity index (χ1v) is 8.80. The number of halogens is 1. The van der Waals surface area contributed by atoms with Gasteiger partial charge in [0.2, 0.25) is 5.91 Å². The highest BCUT2D eigenvalue weighted by Gasteiger charge is 2.47. The normalized spacial score (nSPS) is 30.8. The Morgan fingerprint density at radius 3 is 2.73 bits per heavy atom. The third kappa shape index (κ3) is 3.86. The molecule has 0 aromatic carbocycles. The van der Waals surface area contributed by atoms with Crippen molar-refractivity contribution in [2.24, 2.45) is 5.92 Å². The summed E-state index contributed by atoms with van der Waals surface area (Å²) in [7, 11) is 1.39. The van der Waals surface area contributed by atoms with Crippen molar-refractivity contribution in [3.8, 4) is 0 Å². The molecule has 0 aromatic rings. The number of fused-ring (bicyclic) bond motifs is 2. The van der Waals surface area contributed by atoms with Crippen molar-refractivity contribution in [3.63, 3.8) is 0 Å². The summed E-state index contributed by atoms with van der Waals surface area (Å²) >= 11 is 6.34. The van der Waals surface area contributed by atoms with Gasteiger partial charge in [0.15, 0.2) is 0 Å². The van der Waals surface area contributed by atoms with Gasteiger partial charge in [-0.15, -0.1) is 11.6 Å². The molecule has 2 bridgehead atoms. The van der Waals surface area contributed by atoms with E-state index in [9.17, 15) is 9.59 Å². The van der Waals surface area contributed by atoms with E-state index in [0.717, 1.165) is 38.5 Å². The second-order valence-corrected chi connectivity index (χ2v) is 6.97. The first-order valence-electron chi connectivity index (χ1n) is 8.36. The number of alkyl halides is 1. The van der Waals surface area contributed by atoms with E-state index in [4.69, 9.17) is 16.3 Å². The molecule has 1 N–H and O–H groups in total. The first kappa shape index (κ1) is 17.4. The van der Waals surface area contributed by atoms with Crippen molar-refractivity contribution >= 4 is 23.6 Å². The maximum Gasteiger partial charge on any atom is 0.410 e. The Kier molecular flexibility index (Phi) is 6.36. The Balaban J connectivity index is 2.01. The van der Waals surface area contributed by atoms with Crippen LogP contribution in [0.4, 0.5) is 4.79 Å². The molecule has 0 aliphatic carbocycles. The van der Waals surface area contributed by atoms with Crippen LogP contribution in [0.2, 0.25) is 0 Å². The molecular weight excluding hydrogens is 304 g/mol. The second kappa shape index (κ2) is 8.04. The fraction of sp³-hybridized carbons (Fsp3) is 0.875. The van der Waals surface area contributed by atoms with E-state index in [1.165, 1.54) is 7.11 Å². The van der Waals surface area contributed by atoms with Crippen molar-refractivity contribution in [1.82, 2.24) is 10.2 Å². The number of hydrogen-bond donors (Lipinski definition) is 1. The Labute approximate surface area is 137 Å². The summed E-state index contributed by atoms with van der Waals surface area (Å²) in [5.74, 6) is -0.113. The fourth-order valence-electron chi connectivity index (χ4n) is 3.74. The topological polar surface area (TPSA) is 58.6 Å². The molecule has 0 saturated carbocycles. The average molecular weight is 331 g/mol. The second-order valence-electron chi connectivity index (χ2n) is 6.35. The van der Waals surface area contributed by atoms with Crippen molar-refractivity contribution in [1.29, 1.82) is 0 Å². The third-order valence-electron chi connectivity index (χ3n) is 4.85. The number of nitrogens with one attached hydrogen (secondary N) is 1. The summed E-state index contributed by atoms with van der Waals surface area (Å²) < 4.78 is 4.91. The van der Waals surface area contributed by atoms with E-state index in [0.29, 0.717) is 13.0 Å². The first-order chi connectivity index (χ1) is 10.6. The minimum Gasteiger partial charge on any atom is -0.453 e. The van der Waals surface area contributed by atoms with Gasteiger partial charge in [-0.25, -0.2) is 4.79 Å². The van der Waals surface area contributed by atoms with Crippen LogP contribution in [0.15, 0.2) is 0 Å². The highest BCUT2D eigenvalue weighted by Crippen LogP contribution is 2.39. The van der Waals surface area contributed by atoms with Crippen LogP contribution >= 0.6 is 11.6 Å². The zero-order valence-electron chi connectivity index (χ0n) is 13.5. The van der Waals surface area contributed by atoms with Crippen LogP contribution < -0.4 is 5.32 Å². The average Bonchev–Trinajstić information content (AvgIpc) is 2.50. The van der Waals surface area contributed by atoms with Crippen LogP contribution in [0.25, 0.3) is 0 Å². The number of carbonyl (C=O) groups is 2. The molecule has 0 spiro atoms. The maximum atomic E-state index is 12.5. The monoisotopic (exact) mass is 330 g/mol. The summed E-state index contributed by atoms with van der Waals surface area (Å²) in [4.78, 5) is 26.3. The van der Waals surface area contributed by atoms with E-state index in [1.807, 2.05) is 0 Å². The quantitative estimate of drug-likeness (QED) is 0.623. The molecule has 0 aromatic heterocycles. The lowest BCUT2D eigenvalue weighted by molar-refractivity contribution is -0.130. The zero-order chi connectivity index (χ0) is 16.1. The van der Waals surface area contributed by atoms with Crippen molar-refractivity contribution in [3.05, 3.63) is 0 Å². The summed E-state index contributed by atoms with van der Waals surface area (Å²) in [5, 5.41) is 3.06. The zero-order valence-corrected chi connectivity index (χ0v) is 14.3. The number of amides is 2. The molecule has 2 saturated heterocycles. The lowest BCUT2D eigenvalue weighted by atomic mass is 9.77. The van der Waals surface area contributed by atoms with Crippen LogP contribution in [-0.4, -0.2) is 48.0 Å². The number of piperidine rings is 2. The molecule has 6 heteroatoms. The van der Waals surface area contributed by atoms with Crippen molar-refractivity contribution in [2.45, 2.75) is 69.3 Å². The van der Waals surface area contributed by atoms with Gasteiger partial charge in [-0.05, 0) is 32.1 Å². The summed E-state index contributed by atoms with van der Waals surface area (Å²) in [6.07, 6.45) is 6.03. The molecule has 0 unspecified atom stereocenters. The number of hydrogen-bond acceptors (Lipinski definition) is 3. The van der Waals surface area contributed by atoms with Gasteiger partial charge in [0.1, 0.15) is 0 Å². The van der Waals surface area contributed by atoms with Gasteiger partial charge in [0.25, 0.3) is 0 Å². The number of nitrogens with zero attached hydrogens (tertiary/aromatic N) is 1. The van der Waals surface area contributed by atoms with Crippen molar-refractivity contribution in [2.75, 3.05) is 13.7 Å². The minimum absolute atomic E-state index is 0.0339. The molecule has 4 atom stereocenters. The minimum atomic E-state index is -0.331. The molecule has 5 nitrogen and oxygen atoms in total. The van der Waals surface area contributed by atoms with Crippen LogP contribution in [-0.2, 0) is 9.53 Å². The van der Waals surface area contributed by atoms with Crippen LogP contribution in [0.3, 0.4) is 0 Å². The predicted octanol–water partition coefficient (Wildman–Crippen LogP) is 2.91. The summed E-state index contributed by atoms with van der Waals surface area (Å²) in [6, 6.07) is -0.0218. The highest BCUT2D eigenvalue weighted by atomic mass is 35.5. The lowest BCUT2D eigenvalue weighted by Crippen LogP contribution is -2.61. The third-order valence-corrected chi connectivity index (χ3v) is 5.21. The van der Waals surface area contributed by atoms with Gasteiger partial charge in [-0.1, -0.05) is 19.8 Å². The number of ether oxygens (including phenoxy) is 1. The smallest absolute Gasteiger partial charge is 0.410 e. The summed E-state index contributed by atoms with van der Waals surface area (Å²) in [5.41, 5.74) is 0. The van der Waals surface area contributed by atoms with Gasteiger partial charge in [0, 0.05) is 24.0 Å². The van der Waals surface area contributed by atoms with E-state index in [1.54, 1.807) is 4.90 Å². The SMILES string of the molecule is CCCCCNC(=O)[C@H]1CC[C@H]2C[C@H](Cl)C[C@@H]1N2C(=O)OC. The highest BCUT2D eigenvalue weighted by molar-refractivity contribution is 6.20. The number of unbranched alkanes of at least 4 members (excludes halogenated alkanes) is 2. The van der Waals surface area contributed by atoms with Gasteiger partial charge in [-0.2, -0.15) is 0 Å². The molecule has 0 radical (unpaired) electrons. The molecule has 2 heterocycles. The number of carbonyl (C=O) groups excluding carboxylic acids is 2. The molecule has 2 aliphatic rings. The van der Waals surface area contributed by atoms with E-state index in [2.05, 4.69) is 12.2 Å². The Morgan fingerprint density at radius 2 is 2.05 bits per heavy atom. The van der Waals surface area contributed by atoms with Crippen LogP contribution in [0.5, 0.6) is 0 Å². The van der Waals surface area contributed by atoms with Gasteiger partial charge in [-0.3, -0.25) is 4.79 Å². The number of rotatable bonds is 5. The van der Waals surface area contributed by atoms with E-state index in [-0.39, 0.29) is 35.4 Å². The molecule has 22 heavy (non-hydrogen) atoms. The Hall–Kier alpha value is -0.970. The van der Waals surface area contributed by atoms with E-state index >= 15 is 0 Å². The Bertz CT molecular complexity index is 405. The molecule has 2 fully saturated rings. The molecule has 126 valence electrons. The van der Waals surface area contributed by atoms with Gasteiger partial charge >= 0.3 is 6.09 Å². The summed E-state index contributed by atoms with van der Waals surface area (Å²) in [6.45, 7) is 2.85. The number of methoxy groups -OCH3 is 1. The lowest BCUT2D eigenvalue weighted by Gasteiger charge is -2.49. The van der Waals surface area contributed by atoms with Crippen LogP contribution in [0, 0.1) is 5.92 Å². The molecule has 2 amide bonds. The predicted molar refractivity (Wildman–Crippen MR) is 86.0 cm³/mol. The maximum absolute atomic E-state index is 12.5. The fourth-order valence-corrected chi connectivity index (χ4v) is 4.13. The molecule has 2 aliphatic heterocycles. The van der Waals surface area contributed by atoms with E-state index < -0.39 is 0 Å². The largest absolute Gasteiger partial charge is 0.453 e.